The van der Waals surface area contributed by atoms with Crippen molar-refractivity contribution in [1.29, 1.82) is 0 Å². The predicted molar refractivity (Wildman–Crippen MR) is 82.3 cm³/mol. The maximum Gasteiger partial charge on any atom is 0.119 e. The van der Waals surface area contributed by atoms with Gasteiger partial charge in [-0.2, -0.15) is 0 Å². The highest BCUT2D eigenvalue weighted by Crippen LogP contribution is 2.25. The van der Waals surface area contributed by atoms with E-state index < -0.39 is 5.60 Å². The second-order valence-electron chi connectivity index (χ2n) is 6.20. The fourth-order valence-corrected chi connectivity index (χ4v) is 3.03. The lowest BCUT2D eigenvalue weighted by atomic mass is 9.87. The Hall–Kier alpha value is -1.06. The van der Waals surface area contributed by atoms with Crippen molar-refractivity contribution in [1.82, 2.24) is 5.32 Å². The van der Waals surface area contributed by atoms with Gasteiger partial charge in [0.05, 0.1) is 12.7 Å². The molecule has 1 aliphatic carbocycles. The van der Waals surface area contributed by atoms with Crippen LogP contribution >= 0.6 is 0 Å². The van der Waals surface area contributed by atoms with Crippen LogP contribution in [0.5, 0.6) is 5.75 Å². The van der Waals surface area contributed by atoms with E-state index in [1.165, 1.54) is 11.1 Å². The number of methoxy groups -OCH3 is 1. The van der Waals surface area contributed by atoms with Crippen LogP contribution in [0, 0.1) is 0 Å². The molecule has 1 aliphatic rings. The van der Waals surface area contributed by atoms with Gasteiger partial charge in [0, 0.05) is 12.6 Å². The Balaban J connectivity index is 1.93. The molecule has 0 bridgehead atoms. The number of hydrogen-bond donors (Lipinski definition) is 2. The van der Waals surface area contributed by atoms with Crippen LogP contribution in [0.3, 0.4) is 0 Å². The first kappa shape index (κ1) is 15.3. The van der Waals surface area contributed by atoms with Gasteiger partial charge in [-0.15, -0.1) is 0 Å². The highest BCUT2D eigenvalue weighted by Gasteiger charge is 2.23. The van der Waals surface area contributed by atoms with Crippen LogP contribution in [0.15, 0.2) is 18.2 Å². The molecule has 2 atom stereocenters. The Morgan fingerprint density at radius 2 is 2.20 bits per heavy atom. The van der Waals surface area contributed by atoms with Gasteiger partial charge in [-0.25, -0.2) is 0 Å². The molecular formula is C17H27NO2. The van der Waals surface area contributed by atoms with Gasteiger partial charge in [-0.05, 0) is 55.9 Å². The van der Waals surface area contributed by atoms with Crippen LogP contribution in [-0.4, -0.2) is 30.4 Å². The zero-order valence-electron chi connectivity index (χ0n) is 12.9. The summed E-state index contributed by atoms with van der Waals surface area (Å²) in [6.45, 7) is 4.70. The van der Waals surface area contributed by atoms with Gasteiger partial charge in [0.2, 0.25) is 0 Å². The minimum atomic E-state index is -0.594. The summed E-state index contributed by atoms with van der Waals surface area (Å²) in [4.78, 5) is 0. The van der Waals surface area contributed by atoms with Gasteiger partial charge in [0.25, 0.3) is 0 Å². The zero-order valence-corrected chi connectivity index (χ0v) is 12.9. The molecule has 2 N–H and O–H groups in total. The van der Waals surface area contributed by atoms with Crippen LogP contribution in [0.4, 0.5) is 0 Å². The van der Waals surface area contributed by atoms with Crippen LogP contribution in [0.25, 0.3) is 0 Å². The summed E-state index contributed by atoms with van der Waals surface area (Å²) in [7, 11) is 1.71. The Morgan fingerprint density at radius 1 is 1.40 bits per heavy atom. The molecule has 3 heteroatoms. The largest absolute Gasteiger partial charge is 0.497 e. The lowest BCUT2D eigenvalue weighted by Crippen LogP contribution is -2.44. The molecule has 0 aromatic heterocycles. The smallest absolute Gasteiger partial charge is 0.119 e. The van der Waals surface area contributed by atoms with E-state index in [0.717, 1.165) is 37.9 Å². The first-order valence-electron chi connectivity index (χ1n) is 7.65. The summed E-state index contributed by atoms with van der Waals surface area (Å²) in [6, 6.07) is 6.82. The third-order valence-corrected chi connectivity index (χ3v) is 4.20. The van der Waals surface area contributed by atoms with E-state index in [1.54, 1.807) is 7.11 Å². The highest BCUT2D eigenvalue weighted by atomic mass is 16.5. The molecule has 0 aliphatic heterocycles. The number of nitrogens with one attached hydrogen (secondary N) is 1. The molecule has 3 nitrogen and oxygen atoms in total. The summed E-state index contributed by atoms with van der Waals surface area (Å²) in [5, 5.41) is 13.8. The summed E-state index contributed by atoms with van der Waals surface area (Å²) in [5.41, 5.74) is 2.22. The molecular weight excluding hydrogens is 250 g/mol. The van der Waals surface area contributed by atoms with E-state index in [4.69, 9.17) is 4.74 Å². The maximum absolute atomic E-state index is 10.2. The number of fused-ring (bicyclic) bond motifs is 1. The molecule has 2 unspecified atom stereocenters. The summed E-state index contributed by atoms with van der Waals surface area (Å²) >= 11 is 0. The number of aryl methyl sites for hydroxylation is 1. The molecule has 2 rings (SSSR count). The van der Waals surface area contributed by atoms with Crippen LogP contribution in [0.1, 0.15) is 44.2 Å². The maximum atomic E-state index is 10.2. The topological polar surface area (TPSA) is 41.5 Å². The van der Waals surface area contributed by atoms with E-state index in [0.29, 0.717) is 12.6 Å². The van der Waals surface area contributed by atoms with Crippen molar-refractivity contribution in [2.45, 2.75) is 57.6 Å². The van der Waals surface area contributed by atoms with E-state index in [2.05, 4.69) is 24.4 Å². The quantitative estimate of drug-likeness (QED) is 0.840. The first-order valence-corrected chi connectivity index (χ1v) is 7.65. The third kappa shape index (κ3) is 3.97. The SMILES string of the molecule is CCCC(C)(O)CNC1CCc2ccc(OC)cc2C1. The third-order valence-electron chi connectivity index (χ3n) is 4.20. The molecule has 20 heavy (non-hydrogen) atoms. The van der Waals surface area contributed by atoms with Gasteiger partial charge in [-0.3, -0.25) is 0 Å². The molecule has 0 saturated heterocycles. The second-order valence-corrected chi connectivity index (χ2v) is 6.20. The van der Waals surface area contributed by atoms with Crippen molar-refractivity contribution in [3.63, 3.8) is 0 Å². The standard InChI is InChI=1S/C17H27NO2/c1-4-9-17(2,19)12-18-15-7-5-13-6-8-16(20-3)11-14(13)10-15/h6,8,11,15,18-19H,4-5,7,9-10,12H2,1-3H3. The molecule has 1 aromatic rings. The Kier molecular flexibility index (Phi) is 5.06. The molecule has 0 saturated carbocycles. The fraction of sp³-hybridized carbons (Fsp3) is 0.647. The van der Waals surface area contributed by atoms with E-state index in [9.17, 15) is 5.11 Å². The number of aliphatic hydroxyl groups is 1. The number of benzene rings is 1. The average Bonchev–Trinajstić information content (AvgIpc) is 2.44. The lowest BCUT2D eigenvalue weighted by Gasteiger charge is -2.30. The molecule has 0 amide bonds. The number of rotatable bonds is 6. The van der Waals surface area contributed by atoms with Crippen molar-refractivity contribution in [3.8, 4) is 5.75 Å². The monoisotopic (exact) mass is 277 g/mol. The predicted octanol–water partition coefficient (Wildman–Crippen LogP) is 2.69. The highest BCUT2D eigenvalue weighted by molar-refractivity contribution is 5.37. The molecule has 0 heterocycles. The Bertz CT molecular complexity index is 443. The van der Waals surface area contributed by atoms with E-state index in [1.807, 2.05) is 13.0 Å². The minimum absolute atomic E-state index is 0.456. The average molecular weight is 277 g/mol. The summed E-state index contributed by atoms with van der Waals surface area (Å²) in [5.74, 6) is 0.933. The van der Waals surface area contributed by atoms with Crippen LogP contribution < -0.4 is 10.1 Å². The number of ether oxygens (including phenoxy) is 1. The lowest BCUT2D eigenvalue weighted by molar-refractivity contribution is 0.0466. The minimum Gasteiger partial charge on any atom is -0.497 e. The zero-order chi connectivity index (χ0) is 14.6. The van der Waals surface area contributed by atoms with E-state index in [-0.39, 0.29) is 0 Å². The van der Waals surface area contributed by atoms with Gasteiger partial charge in [0.1, 0.15) is 5.75 Å². The molecule has 0 radical (unpaired) electrons. The normalized spacial score (nSPS) is 21.1. The fourth-order valence-electron chi connectivity index (χ4n) is 3.03. The molecule has 0 fully saturated rings. The first-order chi connectivity index (χ1) is 9.54. The van der Waals surface area contributed by atoms with Gasteiger partial charge >= 0.3 is 0 Å². The van der Waals surface area contributed by atoms with Crippen molar-refractivity contribution in [2.24, 2.45) is 0 Å². The van der Waals surface area contributed by atoms with Gasteiger partial charge in [0.15, 0.2) is 0 Å². The van der Waals surface area contributed by atoms with E-state index >= 15 is 0 Å². The molecule has 0 spiro atoms. The van der Waals surface area contributed by atoms with Crippen molar-refractivity contribution >= 4 is 0 Å². The van der Waals surface area contributed by atoms with Crippen molar-refractivity contribution in [3.05, 3.63) is 29.3 Å². The molecule has 112 valence electrons. The number of hydrogen-bond acceptors (Lipinski definition) is 3. The van der Waals surface area contributed by atoms with Crippen LogP contribution in [0.2, 0.25) is 0 Å². The van der Waals surface area contributed by atoms with Gasteiger partial charge < -0.3 is 15.2 Å². The Morgan fingerprint density at radius 3 is 2.90 bits per heavy atom. The summed E-state index contributed by atoms with van der Waals surface area (Å²) in [6.07, 6.45) is 5.12. The van der Waals surface area contributed by atoms with Crippen LogP contribution in [-0.2, 0) is 12.8 Å². The van der Waals surface area contributed by atoms with Crippen molar-refractivity contribution in [2.75, 3.05) is 13.7 Å². The van der Waals surface area contributed by atoms with Gasteiger partial charge in [-0.1, -0.05) is 19.4 Å². The summed E-state index contributed by atoms with van der Waals surface area (Å²) < 4.78 is 5.30. The molecule has 1 aromatic carbocycles. The van der Waals surface area contributed by atoms with Crippen molar-refractivity contribution < 1.29 is 9.84 Å². The second kappa shape index (κ2) is 6.59. The Labute approximate surface area is 122 Å².